The molecule has 0 N–H and O–H groups in total. The van der Waals surface area contributed by atoms with Gasteiger partial charge in [-0.1, -0.05) is 20.8 Å². The third kappa shape index (κ3) is 1.74. The van der Waals surface area contributed by atoms with Gasteiger partial charge in [-0.3, -0.25) is 0 Å². The second kappa shape index (κ2) is 3.76. The van der Waals surface area contributed by atoms with Crippen LogP contribution in [0.15, 0.2) is 0 Å². The zero-order valence-electron chi connectivity index (χ0n) is 12.0. The lowest BCUT2D eigenvalue weighted by Crippen LogP contribution is -2.31. The van der Waals surface area contributed by atoms with E-state index in [2.05, 4.69) is 47.4 Å². The molecule has 0 aromatic rings. The number of likely N-dealkylation sites (tertiary alicyclic amines) is 1. The lowest BCUT2D eigenvalue weighted by Gasteiger charge is -2.32. The topological polar surface area (TPSA) is 3.24 Å². The molecule has 1 heterocycles. The van der Waals surface area contributed by atoms with Gasteiger partial charge in [-0.2, -0.15) is 0 Å². The molecule has 16 heavy (non-hydrogen) atoms. The molecule has 0 spiro atoms. The molecule has 2 heteroatoms. The molecule has 0 aromatic carbocycles. The molecular formula is C14H28BN. The van der Waals surface area contributed by atoms with Crippen LogP contribution in [0.5, 0.6) is 0 Å². The fourth-order valence-corrected chi connectivity index (χ4v) is 4.02. The van der Waals surface area contributed by atoms with Crippen molar-refractivity contribution in [2.45, 2.75) is 58.8 Å². The largest absolute Gasteiger partial charge is 0.301 e. The van der Waals surface area contributed by atoms with Gasteiger partial charge in [0, 0.05) is 12.6 Å². The van der Waals surface area contributed by atoms with E-state index in [0.29, 0.717) is 10.7 Å². The van der Waals surface area contributed by atoms with E-state index in [1.165, 1.54) is 25.9 Å². The number of fused-ring (bicyclic) bond motifs is 1. The lowest BCUT2D eigenvalue weighted by atomic mass is 9.57. The zero-order valence-corrected chi connectivity index (χ0v) is 12.0. The molecule has 2 aliphatic rings. The molecule has 1 unspecified atom stereocenters. The second-order valence-electron chi connectivity index (χ2n) is 7.53. The first-order valence-electron chi connectivity index (χ1n) is 7.01. The molecule has 3 atom stereocenters. The van der Waals surface area contributed by atoms with Gasteiger partial charge in [0.15, 0.2) is 0 Å². The summed E-state index contributed by atoms with van der Waals surface area (Å²) in [5, 5.41) is 0.576. The van der Waals surface area contributed by atoms with Crippen LogP contribution in [0.2, 0.25) is 5.31 Å². The molecule has 0 amide bonds. The van der Waals surface area contributed by atoms with Crippen molar-refractivity contribution in [2.75, 3.05) is 13.1 Å². The van der Waals surface area contributed by atoms with Crippen molar-refractivity contribution in [3.63, 3.8) is 0 Å². The monoisotopic (exact) mass is 221 g/mol. The molecule has 1 nitrogen and oxygen atoms in total. The zero-order chi connectivity index (χ0) is 12.1. The highest BCUT2D eigenvalue weighted by Crippen LogP contribution is 2.64. The van der Waals surface area contributed by atoms with E-state index >= 15 is 0 Å². The molecule has 1 aliphatic heterocycles. The van der Waals surface area contributed by atoms with E-state index < -0.39 is 0 Å². The predicted molar refractivity (Wildman–Crippen MR) is 73.6 cm³/mol. The summed E-state index contributed by atoms with van der Waals surface area (Å²) in [5.74, 6) is 1.83. The summed E-state index contributed by atoms with van der Waals surface area (Å²) in [4.78, 5) is 2.69. The van der Waals surface area contributed by atoms with Crippen LogP contribution in [0, 0.1) is 17.3 Å². The van der Waals surface area contributed by atoms with E-state index in [-0.39, 0.29) is 0 Å². The van der Waals surface area contributed by atoms with Gasteiger partial charge in [0.1, 0.15) is 7.85 Å². The van der Waals surface area contributed by atoms with Crippen molar-refractivity contribution in [1.29, 1.82) is 0 Å². The summed E-state index contributed by atoms with van der Waals surface area (Å²) in [6.07, 6.45) is 2.90. The first kappa shape index (κ1) is 12.5. The van der Waals surface area contributed by atoms with Gasteiger partial charge in [0.05, 0.1) is 0 Å². The molecule has 0 radical (unpaired) electrons. The summed E-state index contributed by atoms with van der Waals surface area (Å²) >= 11 is 0. The maximum absolute atomic E-state index is 2.69. The van der Waals surface area contributed by atoms with Crippen molar-refractivity contribution in [1.82, 2.24) is 4.90 Å². The average molecular weight is 221 g/mol. The SMILES string of the molecule is B[C@]12CC(C(C)C)C[C@@]1(C)CN(C(C)C)C2. The molecule has 0 bridgehead atoms. The van der Waals surface area contributed by atoms with Crippen molar-refractivity contribution in [3.8, 4) is 0 Å². The van der Waals surface area contributed by atoms with Crippen LogP contribution in [-0.4, -0.2) is 31.9 Å². The molecule has 92 valence electrons. The van der Waals surface area contributed by atoms with E-state index in [1.807, 2.05) is 0 Å². The maximum Gasteiger partial charge on any atom is 0.111 e. The number of hydrogen-bond donors (Lipinski definition) is 0. The smallest absolute Gasteiger partial charge is 0.111 e. The molecular weight excluding hydrogens is 193 g/mol. The molecule has 1 saturated carbocycles. The standard InChI is InChI=1S/C14H28BN/c1-10(2)12-6-13(5)8-16(11(3)4)9-14(13,15)7-12/h10-12H,6-9,15H2,1-5H3/t12?,13-,14-/m0/s1. The van der Waals surface area contributed by atoms with Gasteiger partial charge in [0.2, 0.25) is 0 Å². The van der Waals surface area contributed by atoms with Crippen LogP contribution in [0.1, 0.15) is 47.5 Å². The first-order valence-corrected chi connectivity index (χ1v) is 7.01. The highest BCUT2D eigenvalue weighted by atomic mass is 15.2. The van der Waals surface area contributed by atoms with E-state index in [4.69, 9.17) is 0 Å². The Kier molecular flexibility index (Phi) is 2.94. The Bertz CT molecular complexity index is 232. The average Bonchev–Trinajstić information content (AvgIpc) is 2.50. The van der Waals surface area contributed by atoms with E-state index in [9.17, 15) is 0 Å². The number of hydrogen-bond acceptors (Lipinski definition) is 1. The molecule has 0 aromatic heterocycles. The summed E-state index contributed by atoms with van der Waals surface area (Å²) < 4.78 is 0. The maximum atomic E-state index is 2.69. The molecule has 1 saturated heterocycles. The van der Waals surface area contributed by atoms with Gasteiger partial charge in [-0.05, 0) is 55.8 Å². The van der Waals surface area contributed by atoms with Crippen molar-refractivity contribution >= 4 is 7.85 Å². The highest BCUT2D eigenvalue weighted by Gasteiger charge is 2.57. The van der Waals surface area contributed by atoms with E-state index in [0.717, 1.165) is 17.9 Å². The molecule has 1 aliphatic carbocycles. The second-order valence-corrected chi connectivity index (χ2v) is 7.53. The number of nitrogens with zero attached hydrogens (tertiary/aromatic N) is 1. The van der Waals surface area contributed by atoms with Crippen LogP contribution in [0.25, 0.3) is 0 Å². The molecule has 2 rings (SSSR count). The Labute approximate surface area is 102 Å². The Morgan fingerprint density at radius 2 is 1.75 bits per heavy atom. The lowest BCUT2D eigenvalue weighted by molar-refractivity contribution is 0.210. The van der Waals surface area contributed by atoms with Gasteiger partial charge >= 0.3 is 0 Å². The van der Waals surface area contributed by atoms with Crippen LogP contribution >= 0.6 is 0 Å². The first-order chi connectivity index (χ1) is 7.27. The third-order valence-corrected chi connectivity index (χ3v) is 5.66. The van der Waals surface area contributed by atoms with Crippen LogP contribution in [0.3, 0.4) is 0 Å². The van der Waals surface area contributed by atoms with Crippen molar-refractivity contribution in [3.05, 3.63) is 0 Å². The Hall–Kier alpha value is 0.0249. The summed E-state index contributed by atoms with van der Waals surface area (Å²) in [6.45, 7) is 14.7. The minimum absolute atomic E-state index is 0.576. The normalized spacial score (nSPS) is 44.6. The summed E-state index contributed by atoms with van der Waals surface area (Å²) in [6, 6.07) is 0.719. The predicted octanol–water partition coefficient (Wildman–Crippen LogP) is 2.57. The van der Waals surface area contributed by atoms with Crippen LogP contribution in [-0.2, 0) is 0 Å². The fourth-order valence-electron chi connectivity index (χ4n) is 4.02. The summed E-state index contributed by atoms with van der Waals surface area (Å²) in [7, 11) is 2.54. The Morgan fingerprint density at radius 3 is 2.19 bits per heavy atom. The Morgan fingerprint density at radius 1 is 1.12 bits per heavy atom. The summed E-state index contributed by atoms with van der Waals surface area (Å²) in [5.41, 5.74) is 0.576. The number of rotatable bonds is 2. The van der Waals surface area contributed by atoms with Crippen LogP contribution in [0.4, 0.5) is 0 Å². The van der Waals surface area contributed by atoms with Gasteiger partial charge in [-0.15, -0.1) is 0 Å². The minimum atomic E-state index is 0.576. The molecule has 2 fully saturated rings. The van der Waals surface area contributed by atoms with Crippen LogP contribution < -0.4 is 0 Å². The van der Waals surface area contributed by atoms with Gasteiger partial charge < -0.3 is 4.90 Å². The third-order valence-electron chi connectivity index (χ3n) is 5.66. The fraction of sp³-hybridized carbons (Fsp3) is 1.00. The van der Waals surface area contributed by atoms with E-state index in [1.54, 1.807) is 0 Å². The quantitative estimate of drug-likeness (QED) is 0.648. The highest BCUT2D eigenvalue weighted by molar-refractivity contribution is 6.16. The Balaban J connectivity index is 2.15. The van der Waals surface area contributed by atoms with Gasteiger partial charge in [0.25, 0.3) is 0 Å². The van der Waals surface area contributed by atoms with Crippen molar-refractivity contribution in [2.24, 2.45) is 17.3 Å². The van der Waals surface area contributed by atoms with Crippen molar-refractivity contribution < 1.29 is 0 Å². The minimum Gasteiger partial charge on any atom is -0.301 e. The van der Waals surface area contributed by atoms with Gasteiger partial charge in [-0.25, -0.2) is 0 Å².